The molecule has 1 rings (SSSR count). The van der Waals surface area contributed by atoms with Gasteiger partial charge in [0, 0.05) is 5.25 Å². The van der Waals surface area contributed by atoms with E-state index in [9.17, 15) is 4.79 Å². The molecule has 0 bridgehead atoms. The first-order chi connectivity index (χ1) is 8.19. The Hall–Kier alpha value is -0.710. The molecule has 5 heteroatoms. The number of ether oxygens (including phenoxy) is 1. The number of nitrogens with one attached hydrogen (secondary N) is 1. The van der Waals surface area contributed by atoms with Crippen molar-refractivity contribution in [3.05, 3.63) is 0 Å². The van der Waals surface area contributed by atoms with Gasteiger partial charge in [-0.25, -0.2) is 4.79 Å². The second-order valence-electron chi connectivity index (χ2n) is 5.98. The quantitative estimate of drug-likeness (QED) is 0.859. The highest BCUT2D eigenvalue weighted by Gasteiger charge is 2.29. The van der Waals surface area contributed by atoms with Gasteiger partial charge in [-0.05, 0) is 26.7 Å². The van der Waals surface area contributed by atoms with Crippen molar-refractivity contribution in [2.75, 3.05) is 6.54 Å². The normalized spacial score (nSPS) is 21.7. The van der Waals surface area contributed by atoms with Gasteiger partial charge >= 0.3 is 6.09 Å². The van der Waals surface area contributed by atoms with E-state index in [4.69, 9.17) is 4.74 Å². The van der Waals surface area contributed by atoms with Gasteiger partial charge in [-0.15, -0.1) is 11.8 Å². The predicted molar refractivity (Wildman–Crippen MR) is 77.4 cm³/mol. The number of alkyl carbamates (subject to hydrolysis) is 1. The van der Waals surface area contributed by atoms with E-state index < -0.39 is 5.60 Å². The number of nitrogens with zero attached hydrogens (tertiary/aromatic N) is 1. The molecule has 1 aliphatic rings. The van der Waals surface area contributed by atoms with E-state index in [0.717, 1.165) is 11.6 Å². The van der Waals surface area contributed by atoms with Crippen LogP contribution in [0.5, 0.6) is 0 Å². The lowest BCUT2D eigenvalue weighted by atomic mass is 10.1. The summed E-state index contributed by atoms with van der Waals surface area (Å²) >= 11 is 1.74. The molecule has 1 aliphatic heterocycles. The third kappa shape index (κ3) is 4.88. The average Bonchev–Trinajstić information content (AvgIpc) is 2.57. The predicted octanol–water partition coefficient (Wildman–Crippen LogP) is 3.07. The zero-order chi connectivity index (χ0) is 13.9. The van der Waals surface area contributed by atoms with Gasteiger partial charge in [-0.2, -0.15) is 0 Å². The number of hydrogen-bond acceptors (Lipinski definition) is 4. The highest BCUT2D eigenvalue weighted by Crippen LogP contribution is 2.25. The summed E-state index contributed by atoms with van der Waals surface area (Å²) in [4.78, 5) is 16.3. The van der Waals surface area contributed by atoms with Crippen molar-refractivity contribution in [2.24, 2.45) is 10.9 Å². The van der Waals surface area contributed by atoms with Crippen LogP contribution in [0.2, 0.25) is 0 Å². The van der Waals surface area contributed by atoms with E-state index in [2.05, 4.69) is 31.1 Å². The first-order valence-corrected chi connectivity index (χ1v) is 7.27. The minimum atomic E-state index is -0.469. The Labute approximate surface area is 114 Å². The Balaban J connectivity index is 2.62. The SMILES string of the molecule is CC(C)[C@H](NC(=O)OC(C)(C)C)C1=NC[C@@H](C)S1. The molecular weight excluding hydrogens is 248 g/mol. The Bertz CT molecular complexity index is 334. The smallest absolute Gasteiger partial charge is 0.408 e. The van der Waals surface area contributed by atoms with Gasteiger partial charge in [-0.3, -0.25) is 4.99 Å². The van der Waals surface area contributed by atoms with Crippen LogP contribution in [0.1, 0.15) is 41.5 Å². The topological polar surface area (TPSA) is 50.7 Å². The largest absolute Gasteiger partial charge is 0.444 e. The highest BCUT2D eigenvalue weighted by atomic mass is 32.2. The molecule has 2 atom stereocenters. The van der Waals surface area contributed by atoms with Crippen molar-refractivity contribution in [3.8, 4) is 0 Å². The third-order valence-corrected chi connectivity index (χ3v) is 3.61. The molecule has 0 aromatic carbocycles. The Morgan fingerprint density at radius 3 is 2.50 bits per heavy atom. The molecule has 1 N–H and O–H groups in total. The van der Waals surface area contributed by atoms with Gasteiger partial charge in [0.1, 0.15) is 5.60 Å². The molecule has 1 amide bonds. The van der Waals surface area contributed by atoms with Crippen molar-refractivity contribution in [1.82, 2.24) is 5.32 Å². The van der Waals surface area contributed by atoms with E-state index in [-0.39, 0.29) is 12.1 Å². The molecule has 1 heterocycles. The molecule has 0 spiro atoms. The van der Waals surface area contributed by atoms with Crippen molar-refractivity contribution in [2.45, 2.75) is 58.4 Å². The second-order valence-corrected chi connectivity index (χ2v) is 7.43. The van der Waals surface area contributed by atoms with E-state index in [1.54, 1.807) is 11.8 Å². The van der Waals surface area contributed by atoms with Crippen LogP contribution >= 0.6 is 11.8 Å². The molecule has 0 aliphatic carbocycles. The van der Waals surface area contributed by atoms with Crippen LogP contribution in [0.4, 0.5) is 4.79 Å². The molecule has 0 aromatic rings. The highest BCUT2D eigenvalue weighted by molar-refractivity contribution is 8.14. The van der Waals surface area contributed by atoms with E-state index in [1.807, 2.05) is 20.8 Å². The van der Waals surface area contributed by atoms with Crippen LogP contribution in [0.15, 0.2) is 4.99 Å². The van der Waals surface area contributed by atoms with Gasteiger partial charge in [0.2, 0.25) is 0 Å². The number of aliphatic imine (C=N–C) groups is 1. The summed E-state index contributed by atoms with van der Waals surface area (Å²) in [6, 6.07) is -0.0465. The zero-order valence-electron chi connectivity index (χ0n) is 12.1. The molecule has 18 heavy (non-hydrogen) atoms. The number of carbonyl (C=O) groups excluding carboxylic acids is 1. The van der Waals surface area contributed by atoms with Crippen LogP contribution < -0.4 is 5.32 Å². The summed E-state index contributed by atoms with van der Waals surface area (Å²) < 4.78 is 5.29. The second kappa shape index (κ2) is 5.95. The monoisotopic (exact) mass is 272 g/mol. The fourth-order valence-electron chi connectivity index (χ4n) is 1.62. The van der Waals surface area contributed by atoms with Gasteiger partial charge in [0.15, 0.2) is 0 Å². The van der Waals surface area contributed by atoms with E-state index in [0.29, 0.717) is 11.2 Å². The molecule has 0 fully saturated rings. The molecule has 0 saturated heterocycles. The van der Waals surface area contributed by atoms with Crippen molar-refractivity contribution in [1.29, 1.82) is 0 Å². The number of thioether (sulfide) groups is 1. The minimum absolute atomic E-state index is 0.0465. The number of hydrogen-bond donors (Lipinski definition) is 1. The molecule has 4 nitrogen and oxygen atoms in total. The maximum Gasteiger partial charge on any atom is 0.408 e. The molecule has 104 valence electrons. The summed E-state index contributed by atoms with van der Waals surface area (Å²) in [5.74, 6) is 0.300. The molecule has 0 unspecified atom stereocenters. The Morgan fingerprint density at radius 1 is 1.50 bits per heavy atom. The fraction of sp³-hybridized carbons (Fsp3) is 0.846. The standard InChI is InChI=1S/C13H24N2O2S/c1-8(2)10(11-14-7-9(3)18-11)15-12(16)17-13(4,5)6/h8-10H,7H2,1-6H3,(H,15,16)/t9-,10+/m1/s1. The molecule has 0 radical (unpaired) electrons. The van der Waals surface area contributed by atoms with Gasteiger partial charge in [0.25, 0.3) is 0 Å². The molecular formula is C13H24N2O2S. The average molecular weight is 272 g/mol. The summed E-state index contributed by atoms with van der Waals surface area (Å²) in [7, 11) is 0. The number of rotatable bonds is 3. The first kappa shape index (κ1) is 15.3. The number of amides is 1. The van der Waals surface area contributed by atoms with Crippen LogP contribution in [0.25, 0.3) is 0 Å². The van der Waals surface area contributed by atoms with Gasteiger partial charge < -0.3 is 10.1 Å². The first-order valence-electron chi connectivity index (χ1n) is 6.39. The number of carbonyl (C=O) groups is 1. The van der Waals surface area contributed by atoms with Crippen LogP contribution in [0.3, 0.4) is 0 Å². The fourth-order valence-corrected chi connectivity index (χ4v) is 2.81. The van der Waals surface area contributed by atoms with Crippen molar-refractivity contribution < 1.29 is 9.53 Å². The minimum Gasteiger partial charge on any atom is -0.444 e. The lowest BCUT2D eigenvalue weighted by Crippen LogP contribution is -2.45. The Morgan fingerprint density at radius 2 is 2.11 bits per heavy atom. The van der Waals surface area contributed by atoms with Gasteiger partial charge in [0.05, 0.1) is 17.6 Å². The maximum atomic E-state index is 11.8. The van der Waals surface area contributed by atoms with Crippen LogP contribution in [-0.2, 0) is 4.74 Å². The maximum absolute atomic E-state index is 11.8. The van der Waals surface area contributed by atoms with Crippen molar-refractivity contribution >= 4 is 22.9 Å². The van der Waals surface area contributed by atoms with Crippen LogP contribution in [-0.4, -0.2) is 34.6 Å². The summed E-state index contributed by atoms with van der Waals surface area (Å²) in [6.45, 7) is 12.7. The van der Waals surface area contributed by atoms with Crippen molar-refractivity contribution in [3.63, 3.8) is 0 Å². The lowest BCUT2D eigenvalue weighted by Gasteiger charge is -2.25. The Kier molecular flexibility index (Phi) is 5.08. The van der Waals surface area contributed by atoms with Gasteiger partial charge in [-0.1, -0.05) is 20.8 Å². The summed E-state index contributed by atoms with van der Waals surface area (Å²) in [5.41, 5.74) is -0.469. The summed E-state index contributed by atoms with van der Waals surface area (Å²) in [6.07, 6.45) is -0.371. The molecule has 0 aromatic heterocycles. The lowest BCUT2D eigenvalue weighted by molar-refractivity contribution is 0.0509. The third-order valence-electron chi connectivity index (χ3n) is 2.43. The zero-order valence-corrected chi connectivity index (χ0v) is 12.9. The van der Waals surface area contributed by atoms with E-state index >= 15 is 0 Å². The summed E-state index contributed by atoms with van der Waals surface area (Å²) in [5, 5.41) is 4.44. The molecule has 0 saturated carbocycles. The van der Waals surface area contributed by atoms with Crippen LogP contribution in [0, 0.1) is 5.92 Å². The van der Waals surface area contributed by atoms with E-state index in [1.165, 1.54) is 0 Å².